The summed E-state index contributed by atoms with van der Waals surface area (Å²) in [6.07, 6.45) is -3.91. The van der Waals surface area contributed by atoms with Gasteiger partial charge in [-0.1, -0.05) is 6.07 Å². The first-order valence-electron chi connectivity index (χ1n) is 5.35. The van der Waals surface area contributed by atoms with E-state index in [-0.39, 0.29) is 11.4 Å². The summed E-state index contributed by atoms with van der Waals surface area (Å²) in [5, 5.41) is 3.88. The minimum absolute atomic E-state index is 0.0252. The van der Waals surface area contributed by atoms with Crippen LogP contribution in [0.3, 0.4) is 0 Å². The van der Waals surface area contributed by atoms with E-state index < -0.39 is 25.1 Å². The van der Waals surface area contributed by atoms with Crippen molar-refractivity contribution in [3.05, 3.63) is 30.0 Å². The third kappa shape index (κ3) is 2.95. The number of fused-ring (bicyclic) bond motifs is 1. The topological polar surface area (TPSA) is 69.6 Å². The summed E-state index contributed by atoms with van der Waals surface area (Å²) >= 11 is 0. The van der Waals surface area contributed by atoms with Gasteiger partial charge in [0.15, 0.2) is 0 Å². The van der Waals surface area contributed by atoms with E-state index in [0.29, 0.717) is 5.52 Å². The van der Waals surface area contributed by atoms with Gasteiger partial charge in [0.2, 0.25) is 5.88 Å². The number of hydrogen-bond acceptors (Lipinski definition) is 3. The second-order valence-electron chi connectivity index (χ2n) is 3.79. The monoisotopic (exact) mass is 273 g/mol. The van der Waals surface area contributed by atoms with Crippen molar-refractivity contribution in [2.45, 2.75) is 12.6 Å². The summed E-state index contributed by atoms with van der Waals surface area (Å²) in [7, 11) is 0. The lowest BCUT2D eigenvalue weighted by Crippen LogP contribution is -2.16. The van der Waals surface area contributed by atoms with E-state index in [4.69, 9.17) is 10.5 Å². The molecule has 0 unspecified atom stereocenters. The number of carbonyl (C=O) groups excluding carboxylic acids is 1. The number of ether oxygens (including phenoxy) is 1. The van der Waals surface area contributed by atoms with Crippen molar-refractivity contribution >= 4 is 11.4 Å². The second-order valence-corrected chi connectivity index (χ2v) is 3.79. The maximum atomic E-state index is 12.0. The molecular formula is C11H10F3N3O2. The zero-order valence-electron chi connectivity index (χ0n) is 9.65. The average Bonchev–Trinajstić information content (AvgIpc) is 2.65. The molecule has 2 rings (SSSR count). The summed E-state index contributed by atoms with van der Waals surface area (Å²) in [5.41, 5.74) is 5.55. The lowest BCUT2D eigenvalue weighted by molar-refractivity contribution is -0.139. The van der Waals surface area contributed by atoms with Crippen LogP contribution in [0.1, 0.15) is 16.8 Å². The molecule has 2 heterocycles. The minimum Gasteiger partial charge on any atom is -0.476 e. The molecule has 102 valence electrons. The normalized spacial score (nSPS) is 11.7. The third-order valence-electron chi connectivity index (χ3n) is 2.38. The van der Waals surface area contributed by atoms with Gasteiger partial charge < -0.3 is 10.5 Å². The molecule has 2 N–H and O–H groups in total. The zero-order valence-corrected chi connectivity index (χ0v) is 9.65. The molecule has 0 saturated heterocycles. The largest absolute Gasteiger partial charge is 0.476 e. The average molecular weight is 273 g/mol. The fourth-order valence-corrected chi connectivity index (χ4v) is 1.57. The van der Waals surface area contributed by atoms with Crippen LogP contribution in [0.25, 0.3) is 5.52 Å². The third-order valence-corrected chi connectivity index (χ3v) is 2.38. The molecule has 2 aromatic rings. The number of nitrogens with zero attached hydrogens (tertiary/aromatic N) is 2. The highest BCUT2D eigenvalue weighted by atomic mass is 19.4. The Bertz CT molecular complexity index is 607. The Morgan fingerprint density at radius 1 is 1.42 bits per heavy atom. The van der Waals surface area contributed by atoms with Crippen molar-refractivity contribution in [2.75, 3.05) is 6.61 Å². The smallest absolute Gasteiger partial charge is 0.392 e. The van der Waals surface area contributed by atoms with Crippen molar-refractivity contribution in [3.8, 4) is 5.88 Å². The molecule has 19 heavy (non-hydrogen) atoms. The standard InChI is InChI=1S/C11H10F3N3O2/c12-11(13,14)4-6-19-10-8(9(15)18)7-3-1-2-5-17(7)16-10/h1-3,5H,4,6H2,(H2,15,18). The number of alkyl halides is 3. The van der Waals surface area contributed by atoms with Crippen LogP contribution in [-0.2, 0) is 0 Å². The summed E-state index contributed by atoms with van der Waals surface area (Å²) in [4.78, 5) is 11.3. The Kier molecular flexibility index (Phi) is 3.32. The molecule has 0 saturated carbocycles. The SMILES string of the molecule is NC(=O)c1c(OCCC(F)(F)F)nn2ccccc12. The van der Waals surface area contributed by atoms with Crippen LogP contribution in [0.4, 0.5) is 13.2 Å². The summed E-state index contributed by atoms with van der Waals surface area (Å²) in [6.45, 7) is -0.617. The van der Waals surface area contributed by atoms with Crippen LogP contribution in [0.15, 0.2) is 24.4 Å². The Labute approximate surface area is 105 Å². The molecule has 2 aromatic heterocycles. The number of carbonyl (C=O) groups is 1. The summed E-state index contributed by atoms with van der Waals surface area (Å²) < 4.78 is 42.3. The highest BCUT2D eigenvalue weighted by Gasteiger charge is 2.28. The summed E-state index contributed by atoms with van der Waals surface area (Å²) in [6, 6.07) is 4.89. The van der Waals surface area contributed by atoms with Crippen LogP contribution in [-0.4, -0.2) is 28.3 Å². The Morgan fingerprint density at radius 2 is 2.16 bits per heavy atom. The molecule has 0 spiro atoms. The van der Waals surface area contributed by atoms with Crippen LogP contribution in [0, 0.1) is 0 Å². The molecular weight excluding hydrogens is 263 g/mol. The first-order valence-corrected chi connectivity index (χ1v) is 5.35. The fourth-order valence-electron chi connectivity index (χ4n) is 1.57. The Balaban J connectivity index is 2.27. The van der Waals surface area contributed by atoms with E-state index in [1.165, 1.54) is 4.52 Å². The first-order chi connectivity index (χ1) is 8.88. The maximum Gasteiger partial charge on any atom is 0.392 e. The highest BCUT2D eigenvalue weighted by molar-refractivity contribution is 6.02. The number of primary amides is 1. The van der Waals surface area contributed by atoms with Crippen molar-refractivity contribution in [1.29, 1.82) is 0 Å². The van der Waals surface area contributed by atoms with E-state index in [9.17, 15) is 18.0 Å². The van der Waals surface area contributed by atoms with Gasteiger partial charge in [-0.3, -0.25) is 4.79 Å². The molecule has 0 fully saturated rings. The number of rotatable bonds is 4. The number of amides is 1. The zero-order chi connectivity index (χ0) is 14.0. The van der Waals surface area contributed by atoms with E-state index in [1.54, 1.807) is 24.4 Å². The molecule has 0 radical (unpaired) electrons. The molecule has 1 amide bonds. The van der Waals surface area contributed by atoms with Gasteiger partial charge in [0.25, 0.3) is 5.91 Å². The van der Waals surface area contributed by atoms with E-state index in [1.807, 2.05) is 0 Å². The van der Waals surface area contributed by atoms with Gasteiger partial charge in [0.1, 0.15) is 5.56 Å². The molecule has 0 bridgehead atoms. The number of pyridine rings is 1. The minimum atomic E-state index is -4.33. The molecule has 0 aliphatic rings. The predicted molar refractivity (Wildman–Crippen MR) is 59.9 cm³/mol. The van der Waals surface area contributed by atoms with Gasteiger partial charge in [-0.05, 0) is 12.1 Å². The van der Waals surface area contributed by atoms with Gasteiger partial charge in [-0.25, -0.2) is 4.52 Å². The van der Waals surface area contributed by atoms with Gasteiger partial charge in [0.05, 0.1) is 18.5 Å². The molecule has 0 aromatic carbocycles. The summed E-state index contributed by atoms with van der Waals surface area (Å²) in [5.74, 6) is -0.994. The Hall–Kier alpha value is -2.25. The van der Waals surface area contributed by atoms with E-state index in [2.05, 4.69) is 5.10 Å². The molecule has 5 nitrogen and oxygen atoms in total. The Morgan fingerprint density at radius 3 is 2.79 bits per heavy atom. The lowest BCUT2D eigenvalue weighted by Gasteiger charge is -2.06. The predicted octanol–water partition coefficient (Wildman–Crippen LogP) is 1.76. The van der Waals surface area contributed by atoms with Gasteiger partial charge in [-0.15, -0.1) is 5.10 Å². The number of halogens is 3. The fraction of sp³-hybridized carbons (Fsp3) is 0.273. The van der Waals surface area contributed by atoms with E-state index >= 15 is 0 Å². The van der Waals surface area contributed by atoms with E-state index in [0.717, 1.165) is 0 Å². The molecule has 0 atom stereocenters. The maximum absolute atomic E-state index is 12.0. The van der Waals surface area contributed by atoms with Crippen LogP contribution in [0.2, 0.25) is 0 Å². The van der Waals surface area contributed by atoms with Crippen molar-refractivity contribution in [2.24, 2.45) is 5.73 Å². The number of nitrogens with two attached hydrogens (primary N) is 1. The van der Waals surface area contributed by atoms with Crippen molar-refractivity contribution in [1.82, 2.24) is 9.61 Å². The van der Waals surface area contributed by atoms with Crippen LogP contribution in [0.5, 0.6) is 5.88 Å². The molecule has 0 aliphatic carbocycles. The highest BCUT2D eigenvalue weighted by Crippen LogP contribution is 2.24. The van der Waals surface area contributed by atoms with Crippen molar-refractivity contribution in [3.63, 3.8) is 0 Å². The molecule has 8 heteroatoms. The quantitative estimate of drug-likeness (QED) is 0.922. The number of aromatic nitrogens is 2. The van der Waals surface area contributed by atoms with Crippen LogP contribution < -0.4 is 10.5 Å². The van der Waals surface area contributed by atoms with Gasteiger partial charge in [-0.2, -0.15) is 13.2 Å². The van der Waals surface area contributed by atoms with Gasteiger partial charge in [0, 0.05) is 6.20 Å². The van der Waals surface area contributed by atoms with Crippen LogP contribution >= 0.6 is 0 Å². The molecule has 0 aliphatic heterocycles. The number of hydrogen-bond donors (Lipinski definition) is 1. The van der Waals surface area contributed by atoms with Gasteiger partial charge >= 0.3 is 6.18 Å². The second kappa shape index (κ2) is 4.79. The first kappa shape index (κ1) is 13.2. The lowest BCUT2D eigenvalue weighted by atomic mass is 10.2. The van der Waals surface area contributed by atoms with Crippen molar-refractivity contribution < 1.29 is 22.7 Å².